The number of nitrogens with one attached hydrogen (secondary N) is 2. The van der Waals surface area contributed by atoms with Crippen molar-refractivity contribution in [2.75, 3.05) is 0 Å². The van der Waals surface area contributed by atoms with Gasteiger partial charge >= 0.3 is 0 Å². The van der Waals surface area contributed by atoms with Gasteiger partial charge in [0.15, 0.2) is 0 Å². The maximum absolute atomic E-state index is 6.02. The van der Waals surface area contributed by atoms with E-state index in [0.717, 1.165) is 22.2 Å². The molecule has 0 unspecified atom stereocenters. The van der Waals surface area contributed by atoms with E-state index in [2.05, 4.69) is 25.1 Å². The van der Waals surface area contributed by atoms with Gasteiger partial charge in [-0.3, -0.25) is 5.10 Å². The second kappa shape index (κ2) is 3.06. The molecule has 5 nitrogen and oxygen atoms in total. The molecule has 0 radical (unpaired) electrons. The van der Waals surface area contributed by atoms with Crippen LogP contribution in [0.5, 0.6) is 0 Å². The first-order valence-electron chi connectivity index (χ1n) is 4.33. The Morgan fingerprint density at radius 1 is 1.20 bits per heavy atom. The molecule has 0 saturated carbocycles. The van der Waals surface area contributed by atoms with Crippen molar-refractivity contribution in [1.29, 1.82) is 0 Å². The first-order chi connectivity index (χ1) is 7.36. The van der Waals surface area contributed by atoms with E-state index in [1.165, 1.54) is 6.33 Å². The molecule has 6 heteroatoms. The lowest BCUT2D eigenvalue weighted by Gasteiger charge is -1.95. The minimum Gasteiger partial charge on any atom is -0.345 e. The van der Waals surface area contributed by atoms with E-state index in [9.17, 15) is 0 Å². The highest BCUT2D eigenvalue weighted by Crippen LogP contribution is 2.30. The Bertz CT molecular complexity index is 598. The van der Waals surface area contributed by atoms with Crippen LogP contribution in [0.25, 0.3) is 22.2 Å². The molecule has 0 aliphatic rings. The summed E-state index contributed by atoms with van der Waals surface area (Å²) in [5, 5.41) is 7.91. The van der Waals surface area contributed by atoms with Crippen molar-refractivity contribution in [1.82, 2.24) is 25.1 Å². The van der Waals surface area contributed by atoms with E-state index in [4.69, 9.17) is 11.6 Å². The van der Waals surface area contributed by atoms with Crippen molar-refractivity contribution in [2.45, 2.75) is 0 Å². The highest BCUT2D eigenvalue weighted by Gasteiger charge is 2.11. The molecule has 0 bridgehead atoms. The van der Waals surface area contributed by atoms with Gasteiger partial charge in [-0.1, -0.05) is 11.6 Å². The Morgan fingerprint density at radius 2 is 2.13 bits per heavy atom. The average molecular weight is 220 g/mol. The second-order valence-corrected chi connectivity index (χ2v) is 3.44. The molecule has 0 aliphatic carbocycles. The maximum atomic E-state index is 6.02. The summed E-state index contributed by atoms with van der Waals surface area (Å²) in [6, 6.07) is 0. The van der Waals surface area contributed by atoms with Crippen molar-refractivity contribution >= 4 is 22.6 Å². The molecule has 0 fully saturated rings. The van der Waals surface area contributed by atoms with Gasteiger partial charge in [0.05, 0.1) is 11.6 Å². The Hall–Kier alpha value is -1.88. The molecule has 3 aromatic rings. The monoisotopic (exact) mass is 219 g/mol. The normalized spacial score (nSPS) is 11.0. The Balaban J connectivity index is 2.37. The van der Waals surface area contributed by atoms with Crippen LogP contribution >= 0.6 is 11.6 Å². The van der Waals surface area contributed by atoms with Crippen molar-refractivity contribution in [2.24, 2.45) is 0 Å². The third-order valence-corrected chi connectivity index (χ3v) is 2.52. The molecule has 0 aliphatic heterocycles. The predicted molar refractivity (Wildman–Crippen MR) is 56.5 cm³/mol. The van der Waals surface area contributed by atoms with Crippen molar-refractivity contribution in [3.63, 3.8) is 0 Å². The summed E-state index contributed by atoms with van der Waals surface area (Å²) in [6.07, 6.45) is 6.80. The number of aromatic amines is 2. The lowest BCUT2D eigenvalue weighted by atomic mass is 10.1. The van der Waals surface area contributed by atoms with Crippen LogP contribution < -0.4 is 0 Å². The van der Waals surface area contributed by atoms with E-state index in [0.29, 0.717) is 5.15 Å². The molecule has 0 aromatic carbocycles. The first-order valence-corrected chi connectivity index (χ1v) is 4.71. The maximum Gasteiger partial charge on any atom is 0.142 e. The number of halogens is 1. The Morgan fingerprint density at radius 3 is 2.93 bits per heavy atom. The van der Waals surface area contributed by atoms with Gasteiger partial charge in [0.25, 0.3) is 0 Å². The van der Waals surface area contributed by atoms with Gasteiger partial charge in [-0.15, -0.1) is 0 Å². The fraction of sp³-hybridized carbons (Fsp3) is 0. The van der Waals surface area contributed by atoms with Crippen LogP contribution in [0.4, 0.5) is 0 Å². The van der Waals surface area contributed by atoms with Gasteiger partial charge in [0.2, 0.25) is 0 Å². The minimum absolute atomic E-state index is 0.442. The number of nitrogens with zero attached hydrogens (tertiary/aromatic N) is 3. The molecule has 0 amide bonds. The standard InChI is InChI=1S/C9H6ClN5/c10-8-7-6(5-1-14-15-2-5)3-11-9(7)13-4-12-8/h1-4H,(H,14,15)(H,11,12,13). The largest absolute Gasteiger partial charge is 0.345 e. The van der Waals surface area contributed by atoms with Gasteiger partial charge < -0.3 is 4.98 Å². The minimum atomic E-state index is 0.442. The van der Waals surface area contributed by atoms with E-state index in [1.54, 1.807) is 12.4 Å². The van der Waals surface area contributed by atoms with Crippen molar-refractivity contribution < 1.29 is 0 Å². The summed E-state index contributed by atoms with van der Waals surface area (Å²) < 4.78 is 0. The molecule has 15 heavy (non-hydrogen) atoms. The molecule has 74 valence electrons. The van der Waals surface area contributed by atoms with E-state index < -0.39 is 0 Å². The third kappa shape index (κ3) is 1.20. The van der Waals surface area contributed by atoms with Crippen LogP contribution in [-0.2, 0) is 0 Å². The number of rotatable bonds is 1. The van der Waals surface area contributed by atoms with Crippen LogP contribution in [0.3, 0.4) is 0 Å². The van der Waals surface area contributed by atoms with E-state index >= 15 is 0 Å². The van der Waals surface area contributed by atoms with Crippen LogP contribution in [-0.4, -0.2) is 25.1 Å². The van der Waals surface area contributed by atoms with Crippen LogP contribution in [0, 0.1) is 0 Å². The molecule has 3 heterocycles. The zero-order valence-electron chi connectivity index (χ0n) is 7.53. The summed E-state index contributed by atoms with van der Waals surface area (Å²) in [4.78, 5) is 11.1. The lowest BCUT2D eigenvalue weighted by Crippen LogP contribution is -1.81. The lowest BCUT2D eigenvalue weighted by molar-refractivity contribution is 1.09. The number of hydrogen-bond acceptors (Lipinski definition) is 3. The average Bonchev–Trinajstić information content (AvgIpc) is 2.85. The summed E-state index contributed by atoms with van der Waals surface area (Å²) in [7, 11) is 0. The van der Waals surface area contributed by atoms with Gasteiger partial charge in [-0.2, -0.15) is 5.10 Å². The Labute approximate surface area is 89.5 Å². The molecule has 0 spiro atoms. The summed E-state index contributed by atoms with van der Waals surface area (Å²) in [6.45, 7) is 0. The van der Waals surface area contributed by atoms with Crippen molar-refractivity contribution in [3.05, 3.63) is 30.1 Å². The SMILES string of the molecule is Clc1ncnc2[nH]cc(-c3cn[nH]c3)c12. The smallest absolute Gasteiger partial charge is 0.142 e. The predicted octanol–water partition coefficient (Wildman–Crippen LogP) is 2.00. The summed E-state index contributed by atoms with van der Waals surface area (Å²) in [5.74, 6) is 0. The first kappa shape index (κ1) is 8.43. The summed E-state index contributed by atoms with van der Waals surface area (Å²) >= 11 is 6.02. The molecule has 3 rings (SSSR count). The van der Waals surface area contributed by atoms with Crippen LogP contribution in [0.2, 0.25) is 5.15 Å². The van der Waals surface area contributed by atoms with E-state index in [-0.39, 0.29) is 0 Å². The quantitative estimate of drug-likeness (QED) is 0.615. The van der Waals surface area contributed by atoms with Crippen LogP contribution in [0.15, 0.2) is 24.9 Å². The van der Waals surface area contributed by atoms with Gasteiger partial charge in [-0.25, -0.2) is 9.97 Å². The number of hydrogen-bond donors (Lipinski definition) is 2. The molecule has 2 N–H and O–H groups in total. The van der Waals surface area contributed by atoms with Gasteiger partial charge in [-0.05, 0) is 0 Å². The van der Waals surface area contributed by atoms with Crippen LogP contribution in [0.1, 0.15) is 0 Å². The number of aromatic nitrogens is 5. The zero-order valence-corrected chi connectivity index (χ0v) is 8.28. The second-order valence-electron chi connectivity index (χ2n) is 3.08. The molecular formula is C9H6ClN5. The summed E-state index contributed by atoms with van der Waals surface area (Å²) in [5.41, 5.74) is 2.63. The fourth-order valence-electron chi connectivity index (χ4n) is 1.55. The van der Waals surface area contributed by atoms with Crippen molar-refractivity contribution in [3.8, 4) is 11.1 Å². The zero-order chi connectivity index (χ0) is 10.3. The van der Waals surface area contributed by atoms with Gasteiger partial charge in [0.1, 0.15) is 17.1 Å². The number of fused-ring (bicyclic) bond motifs is 1. The molecular weight excluding hydrogens is 214 g/mol. The van der Waals surface area contributed by atoms with Gasteiger partial charge in [0, 0.05) is 23.5 Å². The molecule has 0 atom stereocenters. The third-order valence-electron chi connectivity index (χ3n) is 2.23. The van der Waals surface area contributed by atoms with E-state index in [1.807, 2.05) is 6.20 Å². The molecule has 0 saturated heterocycles. The molecule has 3 aromatic heterocycles. The Kier molecular flexibility index (Phi) is 1.72. The fourth-order valence-corrected chi connectivity index (χ4v) is 1.79. The highest BCUT2D eigenvalue weighted by atomic mass is 35.5. The highest BCUT2D eigenvalue weighted by molar-refractivity contribution is 6.35. The topological polar surface area (TPSA) is 70.2 Å². The number of H-pyrrole nitrogens is 2.